The van der Waals surface area contributed by atoms with Gasteiger partial charge in [-0.2, -0.15) is 0 Å². The number of rotatable bonds is 4. The van der Waals surface area contributed by atoms with Gasteiger partial charge in [0.05, 0.1) is 0 Å². The lowest BCUT2D eigenvalue weighted by molar-refractivity contribution is 0.625. The lowest BCUT2D eigenvalue weighted by Crippen LogP contribution is -2.22. The molecule has 0 bridgehead atoms. The third-order valence-electron chi connectivity index (χ3n) is 2.59. The van der Waals surface area contributed by atoms with Gasteiger partial charge in [0.1, 0.15) is 5.82 Å². The molecule has 2 unspecified atom stereocenters. The number of nitrogens with zero attached hydrogens (tertiary/aromatic N) is 1. The second kappa shape index (κ2) is 5.98. The summed E-state index contributed by atoms with van der Waals surface area (Å²) in [7, 11) is 0. The van der Waals surface area contributed by atoms with Crippen molar-refractivity contribution in [1.82, 2.24) is 4.98 Å². The smallest absolute Gasteiger partial charge is 0.123 e. The lowest BCUT2D eigenvalue weighted by atomic mass is 10.1. The largest absolute Gasteiger partial charge is 0.327 e. The Morgan fingerprint density at radius 2 is 1.72 bits per heavy atom. The van der Waals surface area contributed by atoms with Crippen molar-refractivity contribution in [3.8, 4) is 0 Å². The Balaban J connectivity index is 2.21. The number of thioether (sulfide) groups is 1. The van der Waals surface area contributed by atoms with Gasteiger partial charge in [0, 0.05) is 28.6 Å². The standard InChI is InChI=1S/C14H15FN2S/c1-10(16)14(11-2-4-12(15)5-3-11)18-13-6-8-17-9-7-13/h2-10,14H,16H2,1H3. The molecule has 18 heavy (non-hydrogen) atoms. The molecule has 2 aromatic rings. The molecule has 2 nitrogen and oxygen atoms in total. The van der Waals surface area contributed by atoms with E-state index in [1.165, 1.54) is 12.1 Å². The first-order valence-electron chi connectivity index (χ1n) is 5.74. The summed E-state index contributed by atoms with van der Waals surface area (Å²) in [6.45, 7) is 1.96. The van der Waals surface area contributed by atoms with E-state index in [9.17, 15) is 4.39 Å². The van der Waals surface area contributed by atoms with Crippen LogP contribution in [0.4, 0.5) is 4.39 Å². The van der Waals surface area contributed by atoms with Crippen LogP contribution < -0.4 is 5.73 Å². The van der Waals surface area contributed by atoms with Crippen LogP contribution in [-0.2, 0) is 0 Å². The molecule has 0 aliphatic heterocycles. The SMILES string of the molecule is CC(N)C(Sc1ccncc1)c1ccc(F)cc1. The van der Waals surface area contributed by atoms with E-state index in [2.05, 4.69) is 4.98 Å². The first-order chi connectivity index (χ1) is 8.66. The zero-order valence-corrected chi connectivity index (χ0v) is 10.9. The number of nitrogens with two attached hydrogens (primary N) is 1. The maximum atomic E-state index is 12.9. The molecule has 94 valence electrons. The first-order valence-corrected chi connectivity index (χ1v) is 6.62. The second-order valence-corrected chi connectivity index (χ2v) is 5.35. The quantitative estimate of drug-likeness (QED) is 0.858. The highest BCUT2D eigenvalue weighted by Gasteiger charge is 2.17. The highest BCUT2D eigenvalue weighted by atomic mass is 32.2. The fourth-order valence-corrected chi connectivity index (χ4v) is 2.77. The van der Waals surface area contributed by atoms with Crippen molar-refractivity contribution in [2.45, 2.75) is 23.1 Å². The topological polar surface area (TPSA) is 38.9 Å². The van der Waals surface area contributed by atoms with Crippen molar-refractivity contribution in [1.29, 1.82) is 0 Å². The lowest BCUT2D eigenvalue weighted by Gasteiger charge is -2.20. The molecule has 0 amide bonds. The average molecular weight is 262 g/mol. The molecule has 2 N–H and O–H groups in total. The van der Waals surface area contributed by atoms with E-state index in [0.29, 0.717) is 0 Å². The first kappa shape index (κ1) is 13.1. The molecular formula is C14H15FN2S. The highest BCUT2D eigenvalue weighted by Crippen LogP contribution is 2.36. The molecule has 2 rings (SSSR count). The summed E-state index contributed by atoms with van der Waals surface area (Å²) in [6, 6.07) is 10.4. The molecule has 1 heterocycles. The van der Waals surface area contributed by atoms with E-state index in [4.69, 9.17) is 5.73 Å². The van der Waals surface area contributed by atoms with Crippen LogP contribution in [0.15, 0.2) is 53.7 Å². The van der Waals surface area contributed by atoms with E-state index >= 15 is 0 Å². The molecule has 2 atom stereocenters. The Hall–Kier alpha value is -1.39. The van der Waals surface area contributed by atoms with Crippen molar-refractivity contribution < 1.29 is 4.39 Å². The summed E-state index contributed by atoms with van der Waals surface area (Å²) >= 11 is 1.67. The van der Waals surface area contributed by atoms with Crippen molar-refractivity contribution >= 4 is 11.8 Å². The van der Waals surface area contributed by atoms with Crippen LogP contribution in [-0.4, -0.2) is 11.0 Å². The summed E-state index contributed by atoms with van der Waals surface area (Å²) in [5.41, 5.74) is 7.06. The molecule has 0 radical (unpaired) electrons. The number of pyridine rings is 1. The van der Waals surface area contributed by atoms with Gasteiger partial charge < -0.3 is 5.73 Å². The Bertz CT molecular complexity index is 485. The average Bonchev–Trinajstić information content (AvgIpc) is 2.38. The van der Waals surface area contributed by atoms with Crippen LogP contribution in [0.3, 0.4) is 0 Å². The third-order valence-corrected chi connectivity index (χ3v) is 4.09. The van der Waals surface area contributed by atoms with Gasteiger partial charge in [-0.05, 0) is 36.8 Å². The minimum atomic E-state index is -0.226. The number of hydrogen-bond acceptors (Lipinski definition) is 3. The summed E-state index contributed by atoms with van der Waals surface area (Å²) < 4.78 is 12.9. The maximum absolute atomic E-state index is 12.9. The van der Waals surface area contributed by atoms with Gasteiger partial charge in [-0.3, -0.25) is 4.98 Å². The molecule has 0 saturated heterocycles. The normalized spacial score (nSPS) is 14.2. The molecule has 0 aliphatic carbocycles. The fraction of sp³-hybridized carbons (Fsp3) is 0.214. The number of benzene rings is 1. The summed E-state index contributed by atoms with van der Waals surface area (Å²) in [4.78, 5) is 5.10. The fourth-order valence-electron chi connectivity index (χ4n) is 1.69. The third kappa shape index (κ3) is 3.31. The van der Waals surface area contributed by atoms with Crippen LogP contribution in [0.2, 0.25) is 0 Å². The van der Waals surface area contributed by atoms with Gasteiger partial charge in [-0.1, -0.05) is 12.1 Å². The predicted molar refractivity (Wildman–Crippen MR) is 72.9 cm³/mol. The molecule has 1 aromatic carbocycles. The van der Waals surface area contributed by atoms with E-state index in [1.807, 2.05) is 19.1 Å². The minimum Gasteiger partial charge on any atom is -0.327 e. The number of halogens is 1. The van der Waals surface area contributed by atoms with Crippen molar-refractivity contribution in [2.75, 3.05) is 0 Å². The molecule has 0 fully saturated rings. The van der Waals surface area contributed by atoms with E-state index in [-0.39, 0.29) is 17.1 Å². The van der Waals surface area contributed by atoms with Gasteiger partial charge in [0.2, 0.25) is 0 Å². The van der Waals surface area contributed by atoms with E-state index in [1.54, 1.807) is 36.3 Å². The molecule has 0 saturated carbocycles. The summed E-state index contributed by atoms with van der Waals surface area (Å²) in [5.74, 6) is -0.226. The monoisotopic (exact) mass is 262 g/mol. The van der Waals surface area contributed by atoms with Gasteiger partial charge in [-0.25, -0.2) is 4.39 Å². The van der Waals surface area contributed by atoms with Gasteiger partial charge in [0.15, 0.2) is 0 Å². The Labute approximate surface area is 110 Å². The van der Waals surface area contributed by atoms with Crippen LogP contribution >= 0.6 is 11.8 Å². The Morgan fingerprint density at radius 3 is 2.28 bits per heavy atom. The van der Waals surface area contributed by atoms with Crippen molar-refractivity contribution in [3.63, 3.8) is 0 Å². The van der Waals surface area contributed by atoms with Crippen LogP contribution in [0.1, 0.15) is 17.7 Å². The Kier molecular flexibility index (Phi) is 4.33. The molecular weight excluding hydrogens is 247 g/mol. The van der Waals surface area contributed by atoms with Gasteiger partial charge in [-0.15, -0.1) is 11.8 Å². The number of hydrogen-bond donors (Lipinski definition) is 1. The maximum Gasteiger partial charge on any atom is 0.123 e. The molecule has 4 heteroatoms. The van der Waals surface area contributed by atoms with E-state index < -0.39 is 0 Å². The highest BCUT2D eigenvalue weighted by molar-refractivity contribution is 7.99. The van der Waals surface area contributed by atoms with Crippen molar-refractivity contribution in [2.24, 2.45) is 5.73 Å². The predicted octanol–water partition coefficient (Wildman–Crippen LogP) is 3.40. The molecule has 1 aromatic heterocycles. The van der Waals surface area contributed by atoms with Crippen molar-refractivity contribution in [3.05, 3.63) is 60.2 Å². The second-order valence-electron chi connectivity index (χ2n) is 4.13. The zero-order valence-electron chi connectivity index (χ0n) is 10.1. The summed E-state index contributed by atoms with van der Waals surface area (Å²) in [5, 5.41) is 0.105. The Morgan fingerprint density at radius 1 is 1.11 bits per heavy atom. The number of aromatic nitrogens is 1. The minimum absolute atomic E-state index is 0.0198. The van der Waals surface area contributed by atoms with Crippen LogP contribution in [0.5, 0.6) is 0 Å². The molecule has 0 spiro atoms. The van der Waals surface area contributed by atoms with Crippen LogP contribution in [0, 0.1) is 5.82 Å². The van der Waals surface area contributed by atoms with E-state index in [0.717, 1.165) is 10.5 Å². The summed E-state index contributed by atoms with van der Waals surface area (Å²) in [6.07, 6.45) is 3.51. The van der Waals surface area contributed by atoms with Gasteiger partial charge in [0.25, 0.3) is 0 Å². The van der Waals surface area contributed by atoms with Crippen LogP contribution in [0.25, 0.3) is 0 Å². The van der Waals surface area contributed by atoms with Gasteiger partial charge >= 0.3 is 0 Å². The zero-order chi connectivity index (χ0) is 13.0. The molecule has 0 aliphatic rings.